The summed E-state index contributed by atoms with van der Waals surface area (Å²) in [4.78, 5) is 13.8. The molecule has 1 spiro atoms. The van der Waals surface area contributed by atoms with E-state index in [9.17, 15) is 4.79 Å². The molecule has 4 heteroatoms. The number of nitrogens with zero attached hydrogens (tertiary/aromatic N) is 1. The number of rotatable bonds is 2. The third-order valence-electron chi connectivity index (χ3n) is 3.69. The van der Waals surface area contributed by atoms with Crippen LogP contribution >= 0.6 is 11.6 Å². The Balaban J connectivity index is 1.94. The van der Waals surface area contributed by atoms with Crippen LogP contribution in [0.15, 0.2) is 0 Å². The molecule has 0 aromatic carbocycles. The van der Waals surface area contributed by atoms with E-state index in [1.165, 1.54) is 6.42 Å². The van der Waals surface area contributed by atoms with Gasteiger partial charge < -0.3 is 9.64 Å². The molecular formula is C12H20ClNO2. The van der Waals surface area contributed by atoms with Crippen molar-refractivity contribution in [1.82, 2.24) is 4.90 Å². The van der Waals surface area contributed by atoms with E-state index in [0.29, 0.717) is 6.42 Å². The number of hydrogen-bond donors (Lipinski definition) is 0. The van der Waals surface area contributed by atoms with Crippen molar-refractivity contribution in [3.05, 3.63) is 0 Å². The van der Waals surface area contributed by atoms with Crippen LogP contribution in [0.4, 0.5) is 0 Å². The summed E-state index contributed by atoms with van der Waals surface area (Å²) in [6.45, 7) is 4.34. The second kappa shape index (κ2) is 4.92. The molecule has 0 N–H and O–H groups in total. The number of amides is 1. The average molecular weight is 246 g/mol. The predicted octanol–water partition coefficient (Wildman–Crippen LogP) is 2.18. The summed E-state index contributed by atoms with van der Waals surface area (Å²) in [5.41, 5.74) is -0.0434. The van der Waals surface area contributed by atoms with Gasteiger partial charge in [-0.3, -0.25) is 4.79 Å². The minimum atomic E-state index is -0.362. The fourth-order valence-electron chi connectivity index (χ4n) is 2.64. The van der Waals surface area contributed by atoms with Gasteiger partial charge in [-0.25, -0.2) is 0 Å². The first-order valence-electron chi connectivity index (χ1n) is 6.24. The topological polar surface area (TPSA) is 29.5 Å². The van der Waals surface area contributed by atoms with Crippen LogP contribution < -0.4 is 0 Å². The highest BCUT2D eigenvalue weighted by molar-refractivity contribution is 6.30. The Kier molecular flexibility index (Phi) is 3.75. The average Bonchev–Trinajstić information content (AvgIpc) is 2.72. The molecule has 0 saturated carbocycles. The monoisotopic (exact) mass is 245 g/mol. The summed E-state index contributed by atoms with van der Waals surface area (Å²) in [5.74, 6) is 0.0789. The van der Waals surface area contributed by atoms with Crippen LogP contribution in [0.1, 0.15) is 39.0 Å². The first-order chi connectivity index (χ1) is 7.67. The van der Waals surface area contributed by atoms with Gasteiger partial charge in [-0.2, -0.15) is 0 Å². The maximum Gasteiger partial charge on any atom is 0.240 e. The van der Waals surface area contributed by atoms with E-state index < -0.39 is 0 Å². The Hall–Kier alpha value is -0.280. The number of ether oxygens (including phenoxy) is 1. The van der Waals surface area contributed by atoms with E-state index in [-0.39, 0.29) is 16.9 Å². The van der Waals surface area contributed by atoms with Gasteiger partial charge in [0.2, 0.25) is 5.91 Å². The third kappa shape index (κ3) is 2.35. The van der Waals surface area contributed by atoms with Gasteiger partial charge in [-0.15, -0.1) is 11.6 Å². The lowest BCUT2D eigenvalue weighted by Crippen LogP contribution is -2.42. The Morgan fingerprint density at radius 2 is 2.31 bits per heavy atom. The summed E-state index contributed by atoms with van der Waals surface area (Å²) in [7, 11) is 0. The van der Waals surface area contributed by atoms with Crippen molar-refractivity contribution < 1.29 is 9.53 Å². The van der Waals surface area contributed by atoms with Crippen LogP contribution in [0, 0.1) is 0 Å². The zero-order valence-electron chi connectivity index (χ0n) is 9.88. The molecule has 2 aliphatic heterocycles. The number of hydrogen-bond acceptors (Lipinski definition) is 2. The Morgan fingerprint density at radius 1 is 1.50 bits per heavy atom. The van der Waals surface area contributed by atoms with Gasteiger partial charge >= 0.3 is 0 Å². The summed E-state index contributed by atoms with van der Waals surface area (Å²) in [6.07, 6.45) is 5.15. The molecule has 0 aliphatic carbocycles. The van der Waals surface area contributed by atoms with Gasteiger partial charge in [0.05, 0.1) is 5.60 Å². The molecule has 2 atom stereocenters. The zero-order valence-corrected chi connectivity index (χ0v) is 10.6. The van der Waals surface area contributed by atoms with Crippen molar-refractivity contribution >= 4 is 17.5 Å². The second-order valence-electron chi connectivity index (χ2n) is 4.87. The number of carbonyl (C=O) groups is 1. The van der Waals surface area contributed by atoms with Gasteiger partial charge in [-0.1, -0.05) is 6.92 Å². The lowest BCUT2D eigenvalue weighted by molar-refractivity contribution is -0.132. The van der Waals surface area contributed by atoms with E-state index in [1.54, 1.807) is 0 Å². The molecule has 2 fully saturated rings. The molecule has 92 valence electrons. The Labute approximate surface area is 102 Å². The predicted molar refractivity (Wildman–Crippen MR) is 63.7 cm³/mol. The molecule has 0 aromatic heterocycles. The molecule has 0 aromatic rings. The van der Waals surface area contributed by atoms with E-state index in [1.807, 2.05) is 11.8 Å². The van der Waals surface area contributed by atoms with Crippen molar-refractivity contribution in [2.24, 2.45) is 0 Å². The summed E-state index contributed by atoms with van der Waals surface area (Å²) in [6, 6.07) is 0. The molecule has 2 aliphatic rings. The van der Waals surface area contributed by atoms with Gasteiger partial charge in [-0.05, 0) is 32.1 Å². The minimum absolute atomic E-state index is 0.0434. The number of halogens is 1. The van der Waals surface area contributed by atoms with E-state index in [0.717, 1.165) is 39.0 Å². The third-order valence-corrected chi connectivity index (χ3v) is 4.18. The first-order valence-corrected chi connectivity index (χ1v) is 6.67. The minimum Gasteiger partial charge on any atom is -0.373 e. The highest BCUT2D eigenvalue weighted by atomic mass is 35.5. The Morgan fingerprint density at radius 3 is 2.94 bits per heavy atom. The molecule has 3 nitrogen and oxygen atoms in total. The molecule has 0 bridgehead atoms. The summed E-state index contributed by atoms with van der Waals surface area (Å²) >= 11 is 5.99. The van der Waals surface area contributed by atoms with Crippen LogP contribution in [0.3, 0.4) is 0 Å². The maximum atomic E-state index is 11.9. The van der Waals surface area contributed by atoms with Crippen LogP contribution in [0.2, 0.25) is 0 Å². The molecule has 0 unspecified atom stereocenters. The Bertz CT molecular complexity index is 264. The number of carbonyl (C=O) groups excluding carboxylic acids is 1. The highest BCUT2D eigenvalue weighted by Crippen LogP contribution is 2.34. The van der Waals surface area contributed by atoms with Crippen molar-refractivity contribution in [3.8, 4) is 0 Å². The zero-order chi connectivity index (χ0) is 11.6. The van der Waals surface area contributed by atoms with Crippen LogP contribution in [0.25, 0.3) is 0 Å². The largest absolute Gasteiger partial charge is 0.373 e. The second-order valence-corrected chi connectivity index (χ2v) is 5.40. The quantitative estimate of drug-likeness (QED) is 0.698. The van der Waals surface area contributed by atoms with Crippen molar-refractivity contribution in [2.45, 2.75) is 50.0 Å². The van der Waals surface area contributed by atoms with Gasteiger partial charge in [0.25, 0.3) is 0 Å². The molecule has 16 heavy (non-hydrogen) atoms. The van der Waals surface area contributed by atoms with Crippen molar-refractivity contribution in [3.63, 3.8) is 0 Å². The normalized spacial score (nSPS) is 32.0. The van der Waals surface area contributed by atoms with E-state index >= 15 is 0 Å². The molecule has 2 rings (SSSR count). The van der Waals surface area contributed by atoms with Crippen molar-refractivity contribution in [2.75, 3.05) is 19.7 Å². The molecule has 2 saturated heterocycles. The highest BCUT2D eigenvalue weighted by Gasteiger charge is 2.42. The van der Waals surface area contributed by atoms with Crippen LogP contribution in [-0.2, 0) is 9.53 Å². The fourth-order valence-corrected chi connectivity index (χ4v) is 2.78. The molecular weight excluding hydrogens is 226 g/mol. The van der Waals surface area contributed by atoms with E-state index in [2.05, 4.69) is 0 Å². The number of alkyl halides is 1. The smallest absolute Gasteiger partial charge is 0.240 e. The number of likely N-dealkylation sites (tertiary alicyclic amines) is 1. The molecule has 1 amide bonds. The summed E-state index contributed by atoms with van der Waals surface area (Å²) < 4.78 is 5.88. The van der Waals surface area contributed by atoms with Crippen molar-refractivity contribution in [1.29, 1.82) is 0 Å². The lowest BCUT2D eigenvalue weighted by atomic mass is 9.93. The fraction of sp³-hybridized carbons (Fsp3) is 0.917. The van der Waals surface area contributed by atoms with Gasteiger partial charge in [0, 0.05) is 19.7 Å². The van der Waals surface area contributed by atoms with Gasteiger partial charge in [0.1, 0.15) is 5.38 Å². The van der Waals surface area contributed by atoms with Crippen LogP contribution in [-0.4, -0.2) is 41.5 Å². The lowest BCUT2D eigenvalue weighted by Gasteiger charge is -2.33. The first kappa shape index (κ1) is 12.2. The van der Waals surface area contributed by atoms with Gasteiger partial charge in [0.15, 0.2) is 0 Å². The SMILES string of the molecule is CC[C@@H](Cl)C(=O)N1CC[C@@]2(CCCCO2)C1. The summed E-state index contributed by atoms with van der Waals surface area (Å²) in [5, 5.41) is -0.362. The molecule has 0 radical (unpaired) electrons. The standard InChI is InChI=1S/C12H20ClNO2/c1-2-10(13)11(15)14-7-6-12(9-14)5-3-4-8-16-12/h10H,2-9H2,1H3/t10-,12+/m1/s1. The van der Waals surface area contributed by atoms with Crippen LogP contribution in [0.5, 0.6) is 0 Å². The maximum absolute atomic E-state index is 11.9. The van der Waals surface area contributed by atoms with E-state index in [4.69, 9.17) is 16.3 Å². The molecule has 2 heterocycles.